The third kappa shape index (κ3) is 5.34. The predicted octanol–water partition coefficient (Wildman–Crippen LogP) is 5.37. The van der Waals surface area contributed by atoms with Crippen LogP contribution in [0.1, 0.15) is 23.5 Å². The molecular weight excluding hydrogens is 501 g/mol. The summed E-state index contributed by atoms with van der Waals surface area (Å²) in [6.07, 6.45) is 2.88. The van der Waals surface area contributed by atoms with Crippen LogP contribution in [0, 0.1) is 0 Å². The van der Waals surface area contributed by atoms with E-state index in [0.29, 0.717) is 10.8 Å². The Bertz CT molecular complexity index is 1430. The number of pyridine rings is 1. The first kappa shape index (κ1) is 23.4. The lowest BCUT2D eigenvalue weighted by atomic mass is 10.0. The summed E-state index contributed by atoms with van der Waals surface area (Å²) in [5, 5.41) is 4.70. The van der Waals surface area contributed by atoms with Gasteiger partial charge in [0.05, 0.1) is 18.0 Å². The van der Waals surface area contributed by atoms with Gasteiger partial charge in [-0.25, -0.2) is 8.42 Å². The highest BCUT2D eigenvalue weighted by molar-refractivity contribution is 7.99. The number of aromatic nitrogens is 1. The van der Waals surface area contributed by atoms with E-state index < -0.39 is 10.0 Å². The Morgan fingerprint density at radius 1 is 1.00 bits per heavy atom. The van der Waals surface area contributed by atoms with Gasteiger partial charge < -0.3 is 14.6 Å². The molecular formula is C25H22N4O3S3. The largest absolute Gasteiger partial charge is 0.452 e. The fourth-order valence-electron chi connectivity index (χ4n) is 3.98. The molecule has 0 bridgehead atoms. The Hall–Kier alpha value is -3.34. The summed E-state index contributed by atoms with van der Waals surface area (Å²) >= 11 is 7.29. The topological polar surface area (TPSA) is 87.5 Å². The number of hydrogen-bond donors (Lipinski definition) is 2. The van der Waals surface area contributed by atoms with E-state index in [1.54, 1.807) is 30.1 Å². The van der Waals surface area contributed by atoms with E-state index in [1.165, 1.54) is 0 Å². The van der Waals surface area contributed by atoms with E-state index in [1.807, 2.05) is 77.7 Å². The molecule has 0 unspecified atom stereocenters. The lowest BCUT2D eigenvalue weighted by Gasteiger charge is -2.26. The molecule has 1 aliphatic rings. The molecule has 1 fully saturated rings. The molecule has 4 aromatic rings. The van der Waals surface area contributed by atoms with Crippen LogP contribution in [0.15, 0.2) is 106 Å². The molecule has 2 aromatic carbocycles. The van der Waals surface area contributed by atoms with E-state index in [2.05, 4.69) is 15.0 Å². The van der Waals surface area contributed by atoms with Crippen LogP contribution < -0.4 is 14.9 Å². The highest BCUT2D eigenvalue weighted by atomic mass is 32.2. The molecule has 2 atom stereocenters. The molecule has 3 heterocycles. The van der Waals surface area contributed by atoms with E-state index in [4.69, 9.17) is 16.6 Å². The molecule has 178 valence electrons. The second-order valence-electron chi connectivity index (χ2n) is 7.99. The second kappa shape index (κ2) is 9.73. The van der Waals surface area contributed by atoms with Gasteiger partial charge in [-0.1, -0.05) is 36.0 Å². The van der Waals surface area contributed by atoms with Crippen molar-refractivity contribution in [1.29, 1.82) is 0 Å². The summed E-state index contributed by atoms with van der Waals surface area (Å²) in [5.74, 6) is 0.741. The zero-order chi connectivity index (χ0) is 24.4. The van der Waals surface area contributed by atoms with Gasteiger partial charge in [-0.3, -0.25) is 9.71 Å². The molecule has 7 nitrogen and oxygen atoms in total. The summed E-state index contributed by atoms with van der Waals surface area (Å²) in [4.78, 5) is 7.62. The number of hydrogen-bond acceptors (Lipinski definition) is 6. The fraction of sp³-hybridized carbons (Fsp3) is 0.120. The predicted molar refractivity (Wildman–Crippen MR) is 142 cm³/mol. The van der Waals surface area contributed by atoms with E-state index in [-0.39, 0.29) is 12.1 Å². The molecule has 0 spiro atoms. The van der Waals surface area contributed by atoms with Crippen molar-refractivity contribution < 1.29 is 12.8 Å². The number of sulfonamides is 1. The van der Waals surface area contributed by atoms with Crippen LogP contribution in [-0.2, 0) is 10.0 Å². The number of nitrogens with zero attached hydrogens (tertiary/aromatic N) is 2. The zero-order valence-electron chi connectivity index (χ0n) is 18.7. The maximum absolute atomic E-state index is 11.6. The minimum atomic E-state index is -3.37. The highest BCUT2D eigenvalue weighted by Gasteiger charge is 2.42. The first-order chi connectivity index (χ1) is 16.9. The third-order valence-corrected chi connectivity index (χ3v) is 7.25. The minimum absolute atomic E-state index is 0.238. The van der Waals surface area contributed by atoms with Gasteiger partial charge in [0.1, 0.15) is 11.8 Å². The maximum atomic E-state index is 11.6. The molecule has 2 aromatic heterocycles. The molecule has 2 N–H and O–H groups in total. The molecule has 0 aliphatic carbocycles. The third-order valence-electron chi connectivity index (χ3n) is 5.40. The van der Waals surface area contributed by atoms with Gasteiger partial charge in [-0.15, -0.1) is 0 Å². The van der Waals surface area contributed by atoms with Crippen LogP contribution >= 0.6 is 24.0 Å². The average Bonchev–Trinajstić information content (AvgIpc) is 3.44. The summed E-state index contributed by atoms with van der Waals surface area (Å²) in [6.45, 7) is 0. The smallest absolute Gasteiger partial charge is 0.229 e. The Balaban J connectivity index is 1.50. The normalized spacial score (nSPS) is 17.9. The number of benzene rings is 2. The first-order valence-corrected chi connectivity index (χ1v) is 13.9. The molecule has 1 saturated heterocycles. The monoisotopic (exact) mass is 522 g/mol. The fourth-order valence-corrected chi connectivity index (χ4v) is 5.69. The maximum Gasteiger partial charge on any atom is 0.229 e. The first-order valence-electron chi connectivity index (χ1n) is 10.8. The van der Waals surface area contributed by atoms with Gasteiger partial charge in [-0.2, -0.15) is 0 Å². The Kier molecular flexibility index (Phi) is 6.50. The van der Waals surface area contributed by atoms with Gasteiger partial charge in [-0.05, 0) is 72.9 Å². The molecule has 10 heteroatoms. The van der Waals surface area contributed by atoms with Crippen LogP contribution in [0.25, 0.3) is 0 Å². The quantitative estimate of drug-likeness (QED) is 0.313. The number of thiocarbonyl (C=S) groups is 1. The number of rotatable bonds is 7. The molecule has 1 aliphatic heterocycles. The van der Waals surface area contributed by atoms with Crippen LogP contribution in [0.3, 0.4) is 0 Å². The Labute approximate surface area is 213 Å². The molecule has 0 radical (unpaired) electrons. The molecule has 0 amide bonds. The van der Waals surface area contributed by atoms with Crippen molar-refractivity contribution in [2.24, 2.45) is 0 Å². The van der Waals surface area contributed by atoms with Crippen molar-refractivity contribution in [3.63, 3.8) is 0 Å². The second-order valence-corrected chi connectivity index (χ2v) is 11.2. The van der Waals surface area contributed by atoms with E-state index in [9.17, 15) is 8.42 Å². The number of furan rings is 1. The van der Waals surface area contributed by atoms with Gasteiger partial charge >= 0.3 is 0 Å². The van der Waals surface area contributed by atoms with E-state index >= 15 is 0 Å². The number of anilines is 2. The molecule has 35 heavy (non-hydrogen) atoms. The van der Waals surface area contributed by atoms with Gasteiger partial charge in [0, 0.05) is 22.5 Å². The van der Waals surface area contributed by atoms with Gasteiger partial charge in [0.15, 0.2) is 10.2 Å². The van der Waals surface area contributed by atoms with Crippen molar-refractivity contribution in [3.05, 3.63) is 103 Å². The highest BCUT2D eigenvalue weighted by Crippen LogP contribution is 2.43. The van der Waals surface area contributed by atoms with Crippen molar-refractivity contribution in [2.45, 2.75) is 22.1 Å². The average molecular weight is 523 g/mol. The lowest BCUT2D eigenvalue weighted by molar-refractivity contribution is 0.383. The van der Waals surface area contributed by atoms with Crippen LogP contribution in [0.2, 0.25) is 0 Å². The molecule has 0 saturated carbocycles. The van der Waals surface area contributed by atoms with Crippen LogP contribution in [-0.4, -0.2) is 24.8 Å². The summed E-state index contributed by atoms with van der Waals surface area (Å²) in [6, 6.07) is 26.3. The minimum Gasteiger partial charge on any atom is -0.452 e. The standard InChI is InChI=1S/C25H22N4O3S3/c1-35(30,31)28-17-10-12-18(13-11-17)29-24(23(27-25(29)33)20-9-5-6-16-26-20)21-14-15-22(32-21)34-19-7-3-2-4-8-19/h2-16,23-24,28H,1H3,(H,27,33)/t23-,24+/m0/s1. The Morgan fingerprint density at radius 3 is 2.43 bits per heavy atom. The van der Waals surface area contributed by atoms with E-state index in [0.717, 1.165) is 33.4 Å². The van der Waals surface area contributed by atoms with Gasteiger partial charge in [0.2, 0.25) is 10.0 Å². The summed E-state index contributed by atoms with van der Waals surface area (Å²) in [5.41, 5.74) is 2.12. The SMILES string of the molecule is CS(=O)(=O)Nc1ccc(N2C(=S)N[C@@H](c3ccccn3)[C@H]2c2ccc(Sc3ccccc3)o2)cc1. The number of nitrogens with one attached hydrogen (secondary N) is 2. The Morgan fingerprint density at radius 2 is 1.74 bits per heavy atom. The van der Waals surface area contributed by atoms with Crippen molar-refractivity contribution in [3.8, 4) is 0 Å². The van der Waals surface area contributed by atoms with Gasteiger partial charge in [0.25, 0.3) is 0 Å². The van der Waals surface area contributed by atoms with Crippen molar-refractivity contribution in [1.82, 2.24) is 10.3 Å². The molecule has 5 rings (SSSR count). The summed E-state index contributed by atoms with van der Waals surface area (Å²) < 4.78 is 32.0. The van der Waals surface area contributed by atoms with Crippen LogP contribution in [0.4, 0.5) is 11.4 Å². The zero-order valence-corrected chi connectivity index (χ0v) is 21.1. The summed E-state index contributed by atoms with van der Waals surface area (Å²) in [7, 11) is -3.37. The van der Waals surface area contributed by atoms with Crippen LogP contribution in [0.5, 0.6) is 0 Å². The van der Waals surface area contributed by atoms with Crippen molar-refractivity contribution in [2.75, 3.05) is 15.9 Å². The van der Waals surface area contributed by atoms with Crippen molar-refractivity contribution >= 4 is 50.5 Å². The lowest BCUT2D eigenvalue weighted by Crippen LogP contribution is -2.29.